The van der Waals surface area contributed by atoms with Crippen LogP contribution in [0.25, 0.3) is 11.1 Å². The first-order chi connectivity index (χ1) is 16.6. The predicted octanol–water partition coefficient (Wildman–Crippen LogP) is 4.21. The van der Waals surface area contributed by atoms with Crippen LogP contribution in [-0.2, 0) is 28.5 Å². The van der Waals surface area contributed by atoms with Gasteiger partial charge in [-0.2, -0.15) is 0 Å². The third-order valence-electron chi connectivity index (χ3n) is 4.70. The van der Waals surface area contributed by atoms with Crippen molar-refractivity contribution in [3.05, 3.63) is 83.5 Å². The fourth-order valence-electron chi connectivity index (χ4n) is 2.82. The number of rotatable bonds is 11. The van der Waals surface area contributed by atoms with Crippen molar-refractivity contribution in [1.29, 1.82) is 0 Å². The van der Waals surface area contributed by atoms with E-state index >= 15 is 0 Å². The highest BCUT2D eigenvalue weighted by Crippen LogP contribution is 2.23. The van der Waals surface area contributed by atoms with Crippen LogP contribution in [0.3, 0.4) is 0 Å². The summed E-state index contributed by atoms with van der Waals surface area (Å²) in [5, 5.41) is 0. The molecular weight excluding hydrogens is 452 g/mol. The number of hydrogen-bond acceptors (Lipinski definition) is 8. The smallest absolute Gasteiger partial charge is 0.338 e. The number of benzene rings is 2. The summed E-state index contributed by atoms with van der Waals surface area (Å²) in [5.74, 6) is -2.13. The lowest BCUT2D eigenvalue weighted by Gasteiger charge is -2.10. The van der Waals surface area contributed by atoms with Crippen LogP contribution in [0.1, 0.15) is 40.1 Å². The van der Waals surface area contributed by atoms with Crippen molar-refractivity contribution >= 4 is 23.9 Å². The van der Waals surface area contributed by atoms with Gasteiger partial charge >= 0.3 is 23.9 Å². The van der Waals surface area contributed by atoms with Crippen LogP contribution < -0.4 is 0 Å². The van der Waals surface area contributed by atoms with Crippen molar-refractivity contribution < 1.29 is 38.1 Å². The van der Waals surface area contributed by atoms with Crippen molar-refractivity contribution in [1.82, 2.24) is 0 Å². The zero-order valence-corrected chi connectivity index (χ0v) is 20.1. The number of carbonyl (C=O) groups excluding carboxylic acids is 4. The summed E-state index contributed by atoms with van der Waals surface area (Å²) >= 11 is 0. The number of esters is 4. The minimum absolute atomic E-state index is 0.0524. The average Bonchev–Trinajstić information content (AvgIpc) is 2.83. The van der Waals surface area contributed by atoms with Gasteiger partial charge in [-0.25, -0.2) is 19.2 Å². The third kappa shape index (κ3) is 8.26. The van der Waals surface area contributed by atoms with E-state index in [1.165, 1.54) is 13.8 Å². The molecule has 0 aromatic heterocycles. The SMILES string of the molecule is C=C(C)C(=O)OCCOC(=O)c1ccc(-c2ccc(C(=O)OCCOC(=O)C(=C)C)c(C)c2)cc1. The third-order valence-corrected chi connectivity index (χ3v) is 4.70. The first-order valence-corrected chi connectivity index (χ1v) is 10.8. The Morgan fingerprint density at radius 3 is 1.60 bits per heavy atom. The lowest BCUT2D eigenvalue weighted by atomic mass is 9.99. The van der Waals surface area contributed by atoms with Gasteiger partial charge in [0.2, 0.25) is 0 Å². The van der Waals surface area contributed by atoms with Gasteiger partial charge in [0, 0.05) is 11.1 Å². The Hall–Kier alpha value is -4.20. The zero-order valence-electron chi connectivity index (χ0n) is 20.1. The summed E-state index contributed by atoms with van der Waals surface area (Å²) in [7, 11) is 0. The maximum absolute atomic E-state index is 12.3. The van der Waals surface area contributed by atoms with Crippen LogP contribution >= 0.6 is 0 Å². The van der Waals surface area contributed by atoms with Crippen molar-refractivity contribution in [3.8, 4) is 11.1 Å². The van der Waals surface area contributed by atoms with Gasteiger partial charge in [0.15, 0.2) is 0 Å². The molecule has 2 aromatic rings. The highest BCUT2D eigenvalue weighted by Gasteiger charge is 2.13. The number of hydrogen-bond donors (Lipinski definition) is 0. The van der Waals surface area contributed by atoms with Crippen molar-refractivity contribution in [2.24, 2.45) is 0 Å². The first-order valence-electron chi connectivity index (χ1n) is 10.8. The molecule has 2 aromatic carbocycles. The second-order valence-electron chi connectivity index (χ2n) is 7.71. The molecule has 0 unspecified atom stereocenters. The highest BCUT2D eigenvalue weighted by molar-refractivity contribution is 5.92. The van der Waals surface area contributed by atoms with Gasteiger partial charge in [-0.1, -0.05) is 37.4 Å². The van der Waals surface area contributed by atoms with Crippen LogP contribution in [0.15, 0.2) is 66.8 Å². The highest BCUT2D eigenvalue weighted by atomic mass is 16.6. The van der Waals surface area contributed by atoms with Gasteiger partial charge in [-0.15, -0.1) is 0 Å². The van der Waals surface area contributed by atoms with Crippen molar-refractivity contribution in [2.75, 3.05) is 26.4 Å². The van der Waals surface area contributed by atoms with Gasteiger partial charge in [-0.3, -0.25) is 0 Å². The quantitative estimate of drug-likeness (QED) is 0.204. The van der Waals surface area contributed by atoms with Gasteiger partial charge in [0.1, 0.15) is 26.4 Å². The molecule has 0 amide bonds. The predicted molar refractivity (Wildman–Crippen MR) is 129 cm³/mol. The largest absolute Gasteiger partial charge is 0.459 e. The molecule has 0 aliphatic rings. The van der Waals surface area contributed by atoms with Crippen molar-refractivity contribution in [3.63, 3.8) is 0 Å². The van der Waals surface area contributed by atoms with Crippen LogP contribution in [0, 0.1) is 6.92 Å². The summed E-state index contributed by atoms with van der Waals surface area (Å²) in [5.41, 5.74) is 3.69. The Morgan fingerprint density at radius 2 is 1.11 bits per heavy atom. The van der Waals surface area contributed by atoms with E-state index in [2.05, 4.69) is 13.2 Å². The standard InChI is InChI=1S/C27H28O8/c1-17(2)24(28)32-12-14-34-26(30)21-8-6-20(7-9-21)22-10-11-23(19(5)16-22)27(31)35-15-13-33-25(29)18(3)4/h6-11,16H,1,3,12-15H2,2,4-5H3. The molecule has 0 saturated heterocycles. The lowest BCUT2D eigenvalue weighted by Crippen LogP contribution is -2.15. The van der Waals surface area contributed by atoms with E-state index in [0.717, 1.165) is 11.1 Å². The Balaban J connectivity index is 1.91. The molecule has 0 N–H and O–H groups in total. The molecule has 8 nitrogen and oxygen atoms in total. The summed E-state index contributed by atoms with van der Waals surface area (Å²) in [6.07, 6.45) is 0. The van der Waals surface area contributed by atoms with E-state index in [9.17, 15) is 19.2 Å². The maximum atomic E-state index is 12.3. The molecular formula is C27H28O8. The van der Waals surface area contributed by atoms with E-state index in [1.807, 2.05) is 6.07 Å². The van der Waals surface area contributed by atoms with Gasteiger partial charge < -0.3 is 18.9 Å². The second kappa shape index (κ2) is 12.9. The van der Waals surface area contributed by atoms with Crippen LogP contribution in [-0.4, -0.2) is 50.3 Å². The van der Waals surface area contributed by atoms with Gasteiger partial charge in [-0.05, 0) is 55.7 Å². The topological polar surface area (TPSA) is 105 Å². The molecule has 8 heteroatoms. The van der Waals surface area contributed by atoms with E-state index in [1.54, 1.807) is 43.3 Å². The van der Waals surface area contributed by atoms with E-state index in [-0.39, 0.29) is 37.6 Å². The normalized spacial score (nSPS) is 10.1. The molecule has 2 rings (SSSR count). The Morgan fingerprint density at radius 1 is 0.657 bits per heavy atom. The van der Waals surface area contributed by atoms with E-state index < -0.39 is 23.9 Å². The minimum atomic E-state index is -0.538. The molecule has 0 radical (unpaired) electrons. The van der Waals surface area contributed by atoms with Gasteiger partial charge in [0.25, 0.3) is 0 Å². The molecule has 0 bridgehead atoms. The molecule has 0 heterocycles. The Labute approximate surface area is 204 Å². The number of carbonyl (C=O) groups is 4. The average molecular weight is 481 g/mol. The maximum Gasteiger partial charge on any atom is 0.338 e. The van der Waals surface area contributed by atoms with Crippen LogP contribution in [0.4, 0.5) is 0 Å². The Bertz CT molecular complexity index is 1130. The summed E-state index contributed by atoms with van der Waals surface area (Å²) < 4.78 is 20.0. The van der Waals surface area contributed by atoms with E-state index in [4.69, 9.17) is 18.9 Å². The molecule has 0 saturated carbocycles. The summed E-state index contributed by atoms with van der Waals surface area (Å²) in [6.45, 7) is 11.6. The van der Waals surface area contributed by atoms with Gasteiger partial charge in [0.05, 0.1) is 11.1 Å². The fourth-order valence-corrected chi connectivity index (χ4v) is 2.82. The summed E-state index contributed by atoms with van der Waals surface area (Å²) in [4.78, 5) is 47.1. The summed E-state index contributed by atoms with van der Waals surface area (Å²) in [6, 6.07) is 12.0. The number of aryl methyl sites for hydroxylation is 1. The van der Waals surface area contributed by atoms with E-state index in [0.29, 0.717) is 16.7 Å². The number of ether oxygens (including phenoxy) is 4. The fraction of sp³-hybridized carbons (Fsp3) is 0.259. The molecule has 184 valence electrons. The first kappa shape index (κ1) is 27.0. The zero-order chi connectivity index (χ0) is 26.0. The Kier molecular flexibility index (Phi) is 9.96. The second-order valence-corrected chi connectivity index (χ2v) is 7.71. The molecule has 0 aliphatic carbocycles. The van der Waals surface area contributed by atoms with Crippen LogP contribution in [0.2, 0.25) is 0 Å². The molecule has 0 spiro atoms. The molecule has 0 aliphatic heterocycles. The monoisotopic (exact) mass is 480 g/mol. The van der Waals surface area contributed by atoms with Crippen molar-refractivity contribution in [2.45, 2.75) is 20.8 Å². The molecule has 35 heavy (non-hydrogen) atoms. The lowest BCUT2D eigenvalue weighted by molar-refractivity contribution is -0.140. The van der Waals surface area contributed by atoms with Crippen LogP contribution in [0.5, 0.6) is 0 Å². The minimum Gasteiger partial charge on any atom is -0.459 e. The molecule has 0 fully saturated rings. The molecule has 0 atom stereocenters.